The Morgan fingerprint density at radius 3 is 2.86 bits per heavy atom. The van der Waals surface area contributed by atoms with E-state index in [1.807, 2.05) is 22.9 Å². The zero-order valence-corrected chi connectivity index (χ0v) is 17.4. The number of halogens is 1. The number of imidazole rings is 1. The Balaban J connectivity index is 1.77. The number of hydrogen-bond donors (Lipinski definition) is 1. The first-order valence-corrected chi connectivity index (χ1v) is 10.1. The Morgan fingerprint density at radius 1 is 1.43 bits per heavy atom. The van der Waals surface area contributed by atoms with Crippen molar-refractivity contribution in [1.82, 2.24) is 9.55 Å². The number of aromatic nitrogens is 2. The van der Waals surface area contributed by atoms with E-state index in [-0.39, 0.29) is 0 Å². The van der Waals surface area contributed by atoms with Crippen molar-refractivity contribution in [2.24, 2.45) is 0 Å². The van der Waals surface area contributed by atoms with Crippen molar-refractivity contribution >= 4 is 22.9 Å². The molecule has 0 spiro atoms. The third kappa shape index (κ3) is 4.76. The molecule has 1 aromatic carbocycles. The van der Waals surface area contributed by atoms with E-state index in [4.69, 9.17) is 16.9 Å². The van der Waals surface area contributed by atoms with Crippen LogP contribution in [0.25, 0.3) is 5.57 Å². The van der Waals surface area contributed by atoms with Gasteiger partial charge in [0.15, 0.2) is 0 Å². The smallest absolute Gasteiger partial charge is 0.101 e. The Hall–Kier alpha value is -2.29. The van der Waals surface area contributed by atoms with Crippen molar-refractivity contribution in [1.29, 1.82) is 5.26 Å². The molecule has 0 radical (unpaired) electrons. The average Bonchev–Trinajstić information content (AvgIpc) is 3.09. The van der Waals surface area contributed by atoms with Gasteiger partial charge in [-0.2, -0.15) is 5.26 Å². The monoisotopic (exact) mass is 398 g/mol. The molecule has 1 aliphatic carbocycles. The van der Waals surface area contributed by atoms with Gasteiger partial charge in [0, 0.05) is 24.5 Å². The van der Waals surface area contributed by atoms with Crippen LogP contribution in [0.15, 0.2) is 36.8 Å². The van der Waals surface area contributed by atoms with Crippen LogP contribution in [-0.4, -0.2) is 32.8 Å². The molecule has 0 saturated carbocycles. The first-order chi connectivity index (χ1) is 13.3. The predicted octanol–water partition coefficient (Wildman–Crippen LogP) is 4.64. The van der Waals surface area contributed by atoms with Gasteiger partial charge in [-0.3, -0.25) is 0 Å². The van der Waals surface area contributed by atoms with E-state index in [0.717, 1.165) is 37.2 Å². The molecule has 1 aromatic heterocycles. The van der Waals surface area contributed by atoms with Crippen molar-refractivity contribution in [2.45, 2.75) is 58.2 Å². The highest BCUT2D eigenvalue weighted by Crippen LogP contribution is 2.33. The van der Waals surface area contributed by atoms with Crippen molar-refractivity contribution in [3.05, 3.63) is 53.1 Å². The highest BCUT2D eigenvalue weighted by atomic mass is 35.5. The maximum absolute atomic E-state index is 10.0. The van der Waals surface area contributed by atoms with Gasteiger partial charge in [0.2, 0.25) is 0 Å². The fourth-order valence-corrected chi connectivity index (χ4v) is 4.07. The lowest BCUT2D eigenvalue weighted by molar-refractivity contribution is 0.0615. The van der Waals surface area contributed by atoms with E-state index < -0.39 is 5.60 Å². The van der Waals surface area contributed by atoms with Crippen molar-refractivity contribution in [2.75, 3.05) is 11.4 Å². The third-order valence-corrected chi connectivity index (χ3v) is 5.38. The normalized spacial score (nSPS) is 17.1. The second kappa shape index (κ2) is 8.38. The molecule has 148 valence electrons. The summed E-state index contributed by atoms with van der Waals surface area (Å²) >= 11 is 6.26. The Morgan fingerprint density at radius 2 is 2.21 bits per heavy atom. The van der Waals surface area contributed by atoms with E-state index in [1.165, 1.54) is 5.57 Å². The first-order valence-electron chi connectivity index (χ1n) is 9.70. The summed E-state index contributed by atoms with van der Waals surface area (Å²) in [6, 6.07) is 8.13. The minimum atomic E-state index is -0.769. The van der Waals surface area contributed by atoms with Gasteiger partial charge >= 0.3 is 0 Å². The summed E-state index contributed by atoms with van der Waals surface area (Å²) in [5.74, 6) is 0. The van der Waals surface area contributed by atoms with Crippen molar-refractivity contribution in [3.63, 3.8) is 0 Å². The van der Waals surface area contributed by atoms with Gasteiger partial charge in [0.1, 0.15) is 6.07 Å². The second-order valence-corrected chi connectivity index (χ2v) is 8.38. The molecule has 28 heavy (non-hydrogen) atoms. The van der Waals surface area contributed by atoms with Gasteiger partial charge < -0.3 is 14.6 Å². The summed E-state index contributed by atoms with van der Waals surface area (Å²) in [5, 5.41) is 19.6. The molecule has 1 unspecified atom stereocenters. The molecule has 5 nitrogen and oxygen atoms in total. The van der Waals surface area contributed by atoms with E-state index >= 15 is 0 Å². The molecule has 1 aliphatic rings. The fourth-order valence-electron chi connectivity index (χ4n) is 3.85. The molecule has 0 saturated heterocycles. The third-order valence-electron chi connectivity index (χ3n) is 5.06. The lowest BCUT2D eigenvalue weighted by Crippen LogP contribution is -2.36. The molecule has 3 rings (SSSR count). The predicted molar refractivity (Wildman–Crippen MR) is 113 cm³/mol. The van der Waals surface area contributed by atoms with E-state index in [0.29, 0.717) is 23.2 Å². The number of rotatable bonds is 6. The SMILES string of the molecule is CCN(c1ccc(C#N)c(Cl)c1)C1CCC=C(c2cn(CC(C)(C)O)cn2)C1. The molecular formula is C22H27ClN4O. The minimum Gasteiger partial charge on any atom is -0.389 e. The number of aliphatic hydroxyl groups is 1. The van der Waals surface area contributed by atoms with Crippen LogP contribution in [-0.2, 0) is 6.54 Å². The van der Waals surface area contributed by atoms with Crippen LogP contribution >= 0.6 is 11.6 Å². The van der Waals surface area contributed by atoms with Gasteiger partial charge in [0.25, 0.3) is 0 Å². The quantitative estimate of drug-likeness (QED) is 0.769. The van der Waals surface area contributed by atoms with Crippen molar-refractivity contribution in [3.8, 4) is 6.07 Å². The highest BCUT2D eigenvalue weighted by Gasteiger charge is 2.24. The minimum absolute atomic E-state index is 0.355. The summed E-state index contributed by atoms with van der Waals surface area (Å²) in [6.45, 7) is 7.12. The largest absolute Gasteiger partial charge is 0.389 e. The zero-order chi connectivity index (χ0) is 20.3. The summed E-state index contributed by atoms with van der Waals surface area (Å²) in [4.78, 5) is 6.92. The highest BCUT2D eigenvalue weighted by molar-refractivity contribution is 6.32. The number of benzene rings is 1. The molecule has 0 aliphatic heterocycles. The molecule has 1 N–H and O–H groups in total. The standard InChI is InChI=1S/C22H27ClN4O/c1-4-27(19-9-8-17(12-24)20(23)11-19)18-7-5-6-16(10-18)21-13-26(15-25-21)14-22(2,3)28/h6,8-9,11,13,15,18,28H,4-5,7,10,14H2,1-3H3. The van der Waals surface area contributed by atoms with Gasteiger partial charge in [-0.25, -0.2) is 4.98 Å². The molecule has 0 bridgehead atoms. The van der Waals surface area contributed by atoms with Crippen molar-refractivity contribution < 1.29 is 5.11 Å². The van der Waals surface area contributed by atoms with Gasteiger partial charge in [-0.05, 0) is 63.8 Å². The average molecular weight is 399 g/mol. The van der Waals surface area contributed by atoms with Crippen LogP contribution in [0.3, 0.4) is 0 Å². The summed E-state index contributed by atoms with van der Waals surface area (Å²) in [7, 11) is 0. The number of nitriles is 1. The summed E-state index contributed by atoms with van der Waals surface area (Å²) in [5.41, 5.74) is 3.00. The molecule has 2 aromatic rings. The van der Waals surface area contributed by atoms with Crippen LogP contribution in [0.1, 0.15) is 51.3 Å². The number of nitrogens with zero attached hydrogens (tertiary/aromatic N) is 4. The first kappa shape index (κ1) is 20.4. The molecule has 6 heteroatoms. The topological polar surface area (TPSA) is 65.1 Å². The number of hydrogen-bond acceptors (Lipinski definition) is 4. The fraction of sp³-hybridized carbons (Fsp3) is 0.455. The molecule has 0 fully saturated rings. The Bertz CT molecular complexity index is 904. The Kier molecular flexibility index (Phi) is 6.12. The number of anilines is 1. The Labute approximate surface area is 171 Å². The van der Waals surface area contributed by atoms with Gasteiger partial charge in [-0.15, -0.1) is 0 Å². The van der Waals surface area contributed by atoms with E-state index in [2.05, 4.69) is 29.0 Å². The van der Waals surface area contributed by atoms with Crippen LogP contribution < -0.4 is 4.90 Å². The molecule has 0 amide bonds. The van der Waals surface area contributed by atoms with E-state index in [1.54, 1.807) is 26.2 Å². The van der Waals surface area contributed by atoms with Gasteiger partial charge in [0.05, 0.1) is 34.8 Å². The van der Waals surface area contributed by atoms with E-state index in [9.17, 15) is 5.11 Å². The number of allylic oxidation sites excluding steroid dienone is 1. The van der Waals surface area contributed by atoms with Crippen LogP contribution in [0, 0.1) is 11.3 Å². The molecule has 1 heterocycles. The maximum Gasteiger partial charge on any atom is 0.101 e. The zero-order valence-electron chi connectivity index (χ0n) is 16.7. The maximum atomic E-state index is 10.0. The summed E-state index contributed by atoms with van der Waals surface area (Å²) in [6.07, 6.45) is 9.05. The molecular weight excluding hydrogens is 372 g/mol. The lowest BCUT2D eigenvalue weighted by Gasteiger charge is -2.35. The van der Waals surface area contributed by atoms with Crippen LogP contribution in [0.2, 0.25) is 5.02 Å². The van der Waals surface area contributed by atoms with Crippen LogP contribution in [0.4, 0.5) is 5.69 Å². The second-order valence-electron chi connectivity index (χ2n) is 7.97. The lowest BCUT2D eigenvalue weighted by atomic mass is 9.91. The summed E-state index contributed by atoms with van der Waals surface area (Å²) < 4.78 is 1.94. The van der Waals surface area contributed by atoms with Crippen LogP contribution in [0.5, 0.6) is 0 Å². The molecule has 1 atom stereocenters. The van der Waals surface area contributed by atoms with Gasteiger partial charge in [-0.1, -0.05) is 17.7 Å².